The third-order valence-corrected chi connectivity index (χ3v) is 3.57. The molecule has 0 bridgehead atoms. The number of rotatable bonds is 9. The van der Waals surface area contributed by atoms with Crippen LogP contribution < -0.4 is 5.32 Å². The molecule has 0 aliphatic heterocycles. The summed E-state index contributed by atoms with van der Waals surface area (Å²) in [7, 11) is 0. The van der Waals surface area contributed by atoms with Crippen LogP contribution in [-0.2, 0) is 6.42 Å². The first kappa shape index (κ1) is 13.6. The maximum atomic E-state index is 4.02. The average Bonchev–Trinajstić information content (AvgIpc) is 2.68. The van der Waals surface area contributed by atoms with E-state index in [1.807, 2.05) is 18.0 Å². The van der Waals surface area contributed by atoms with Crippen molar-refractivity contribution in [2.24, 2.45) is 0 Å². The minimum absolute atomic E-state index is 1.11. The molecule has 2 N–H and O–H groups in total. The molecule has 0 fully saturated rings. The summed E-state index contributed by atoms with van der Waals surface area (Å²) in [5.41, 5.74) is 2.56. The Morgan fingerprint density at radius 3 is 2.88 bits per heavy atom. The normalized spacial score (nSPS) is 10.9. The molecule has 0 radical (unpaired) electrons. The topological polar surface area (TPSA) is 40.7 Å². The zero-order valence-corrected chi connectivity index (χ0v) is 11.2. The zero-order chi connectivity index (χ0) is 11.6. The summed E-state index contributed by atoms with van der Waals surface area (Å²) in [6, 6.07) is 0. The van der Waals surface area contributed by atoms with Crippen molar-refractivity contribution in [3.63, 3.8) is 0 Å². The Balaban J connectivity index is 1.91. The van der Waals surface area contributed by atoms with Gasteiger partial charge in [-0.15, -0.1) is 0 Å². The zero-order valence-electron chi connectivity index (χ0n) is 10.4. The van der Waals surface area contributed by atoms with Crippen molar-refractivity contribution < 1.29 is 0 Å². The summed E-state index contributed by atoms with van der Waals surface area (Å²) in [5, 5.41) is 10.5. The number of aryl methyl sites for hydroxylation is 2. The number of aromatic amines is 1. The van der Waals surface area contributed by atoms with Crippen LogP contribution in [0.4, 0.5) is 0 Å². The molecule has 1 rings (SSSR count). The Morgan fingerprint density at radius 2 is 2.19 bits per heavy atom. The summed E-state index contributed by atoms with van der Waals surface area (Å²) in [4.78, 5) is 0. The van der Waals surface area contributed by atoms with E-state index in [9.17, 15) is 0 Å². The molecule has 4 heteroatoms. The van der Waals surface area contributed by atoms with Gasteiger partial charge in [-0.3, -0.25) is 5.10 Å². The number of H-pyrrole nitrogens is 1. The molecular weight excluding hydrogens is 218 g/mol. The summed E-state index contributed by atoms with van der Waals surface area (Å²) in [6.07, 6.45) is 5.54. The standard InChI is InChI=1S/C12H23N3S/c1-3-16-9-5-8-13-7-4-6-12-10-14-15-11(12)2/h10,13H,3-9H2,1-2H3,(H,14,15). The van der Waals surface area contributed by atoms with E-state index in [0.717, 1.165) is 19.5 Å². The predicted octanol–water partition coefficient (Wildman–Crippen LogP) is 2.38. The molecule has 0 saturated carbocycles. The first-order valence-corrected chi connectivity index (χ1v) is 7.27. The smallest absolute Gasteiger partial charge is 0.0522 e. The van der Waals surface area contributed by atoms with Crippen LogP contribution in [0, 0.1) is 6.92 Å². The lowest BCUT2D eigenvalue weighted by molar-refractivity contribution is 0.641. The van der Waals surface area contributed by atoms with Crippen molar-refractivity contribution >= 4 is 11.8 Å². The van der Waals surface area contributed by atoms with E-state index in [2.05, 4.69) is 29.4 Å². The monoisotopic (exact) mass is 241 g/mol. The molecule has 0 saturated heterocycles. The fourth-order valence-corrected chi connectivity index (χ4v) is 2.24. The van der Waals surface area contributed by atoms with Crippen LogP contribution in [0.2, 0.25) is 0 Å². The van der Waals surface area contributed by atoms with Gasteiger partial charge in [-0.25, -0.2) is 0 Å². The van der Waals surface area contributed by atoms with Gasteiger partial charge in [0.2, 0.25) is 0 Å². The second kappa shape index (κ2) is 8.65. The van der Waals surface area contributed by atoms with E-state index < -0.39 is 0 Å². The van der Waals surface area contributed by atoms with Crippen molar-refractivity contribution in [2.45, 2.75) is 33.1 Å². The van der Waals surface area contributed by atoms with E-state index >= 15 is 0 Å². The number of nitrogens with zero attached hydrogens (tertiary/aromatic N) is 1. The maximum absolute atomic E-state index is 4.02. The molecule has 1 heterocycles. The first-order valence-electron chi connectivity index (χ1n) is 6.12. The summed E-state index contributed by atoms with van der Waals surface area (Å²) in [6.45, 7) is 6.56. The fraction of sp³-hybridized carbons (Fsp3) is 0.750. The van der Waals surface area contributed by atoms with Crippen LogP contribution >= 0.6 is 11.8 Å². The fourth-order valence-electron chi connectivity index (χ4n) is 1.60. The Hall–Kier alpha value is -0.480. The molecule has 0 unspecified atom stereocenters. The van der Waals surface area contributed by atoms with Crippen molar-refractivity contribution in [2.75, 3.05) is 24.6 Å². The van der Waals surface area contributed by atoms with Gasteiger partial charge in [0.1, 0.15) is 0 Å². The van der Waals surface area contributed by atoms with Crippen LogP contribution in [0.15, 0.2) is 6.20 Å². The van der Waals surface area contributed by atoms with Gasteiger partial charge < -0.3 is 5.32 Å². The van der Waals surface area contributed by atoms with Gasteiger partial charge >= 0.3 is 0 Å². The Morgan fingerprint density at radius 1 is 1.38 bits per heavy atom. The van der Waals surface area contributed by atoms with Crippen molar-refractivity contribution in [3.05, 3.63) is 17.5 Å². The van der Waals surface area contributed by atoms with Gasteiger partial charge in [-0.1, -0.05) is 6.92 Å². The van der Waals surface area contributed by atoms with Gasteiger partial charge in [0, 0.05) is 5.69 Å². The Labute approximate surface area is 103 Å². The quantitative estimate of drug-likeness (QED) is 0.652. The minimum atomic E-state index is 1.11. The molecule has 0 aromatic carbocycles. The highest BCUT2D eigenvalue weighted by molar-refractivity contribution is 7.99. The van der Waals surface area contributed by atoms with E-state index in [1.54, 1.807) is 0 Å². The highest BCUT2D eigenvalue weighted by atomic mass is 32.2. The molecule has 92 valence electrons. The number of nitrogens with one attached hydrogen (secondary N) is 2. The summed E-state index contributed by atoms with van der Waals surface area (Å²) in [5.74, 6) is 2.52. The Bertz CT molecular complexity index is 273. The number of hydrogen-bond acceptors (Lipinski definition) is 3. The van der Waals surface area contributed by atoms with Crippen LogP contribution in [0.1, 0.15) is 31.0 Å². The van der Waals surface area contributed by atoms with Crippen molar-refractivity contribution in [3.8, 4) is 0 Å². The lowest BCUT2D eigenvalue weighted by Gasteiger charge is -2.04. The van der Waals surface area contributed by atoms with Crippen LogP contribution in [-0.4, -0.2) is 34.8 Å². The highest BCUT2D eigenvalue weighted by Gasteiger charge is 1.98. The molecule has 1 aromatic heterocycles. The molecule has 0 atom stereocenters. The van der Waals surface area contributed by atoms with Gasteiger partial charge in [-0.2, -0.15) is 16.9 Å². The van der Waals surface area contributed by atoms with E-state index in [4.69, 9.17) is 0 Å². The molecule has 1 aromatic rings. The predicted molar refractivity (Wildman–Crippen MR) is 72.1 cm³/mol. The second-order valence-corrected chi connectivity index (χ2v) is 5.32. The van der Waals surface area contributed by atoms with Gasteiger partial charge in [0.15, 0.2) is 0 Å². The van der Waals surface area contributed by atoms with Crippen LogP contribution in [0.3, 0.4) is 0 Å². The van der Waals surface area contributed by atoms with Crippen molar-refractivity contribution in [1.82, 2.24) is 15.5 Å². The number of hydrogen-bond donors (Lipinski definition) is 2. The summed E-state index contributed by atoms with van der Waals surface area (Å²) >= 11 is 2.02. The first-order chi connectivity index (χ1) is 7.84. The van der Waals surface area contributed by atoms with Crippen LogP contribution in [0.25, 0.3) is 0 Å². The van der Waals surface area contributed by atoms with E-state index in [0.29, 0.717) is 0 Å². The van der Waals surface area contributed by atoms with Gasteiger partial charge in [-0.05, 0) is 56.3 Å². The maximum Gasteiger partial charge on any atom is 0.0522 e. The Kier molecular flexibility index (Phi) is 7.34. The molecule has 3 nitrogen and oxygen atoms in total. The molecule has 0 aliphatic rings. The molecule has 0 aliphatic carbocycles. The third kappa shape index (κ3) is 5.56. The van der Waals surface area contributed by atoms with Crippen molar-refractivity contribution in [1.29, 1.82) is 0 Å². The largest absolute Gasteiger partial charge is 0.317 e. The lowest BCUT2D eigenvalue weighted by atomic mass is 10.1. The van der Waals surface area contributed by atoms with E-state index in [1.165, 1.54) is 35.6 Å². The number of thioether (sulfide) groups is 1. The van der Waals surface area contributed by atoms with Gasteiger partial charge in [0.05, 0.1) is 6.20 Å². The SMILES string of the molecule is CCSCCCNCCCc1cn[nH]c1C. The molecular formula is C12H23N3S. The van der Waals surface area contributed by atoms with Crippen LogP contribution in [0.5, 0.6) is 0 Å². The number of aromatic nitrogens is 2. The highest BCUT2D eigenvalue weighted by Crippen LogP contribution is 2.05. The molecule has 0 amide bonds. The van der Waals surface area contributed by atoms with Gasteiger partial charge in [0.25, 0.3) is 0 Å². The average molecular weight is 241 g/mol. The molecule has 16 heavy (non-hydrogen) atoms. The second-order valence-electron chi connectivity index (χ2n) is 3.92. The minimum Gasteiger partial charge on any atom is -0.317 e. The summed E-state index contributed by atoms with van der Waals surface area (Å²) < 4.78 is 0. The van der Waals surface area contributed by atoms with E-state index in [-0.39, 0.29) is 0 Å². The lowest BCUT2D eigenvalue weighted by Crippen LogP contribution is -2.17. The third-order valence-electron chi connectivity index (χ3n) is 2.58. The molecule has 0 spiro atoms.